The van der Waals surface area contributed by atoms with Crippen molar-refractivity contribution in [3.63, 3.8) is 0 Å². The second-order valence-corrected chi connectivity index (χ2v) is 4.43. The van der Waals surface area contributed by atoms with Gasteiger partial charge in [-0.05, 0) is 37.1 Å². The molecule has 1 N–H and O–H groups in total. The summed E-state index contributed by atoms with van der Waals surface area (Å²) < 4.78 is 10.1. The molecular formula is C13H16ClNO4. The molecule has 0 atom stereocenters. The Kier molecular flexibility index (Phi) is 5.63. The molecule has 0 heterocycles. The number of hydrogen-bond acceptors (Lipinski definition) is 4. The Bertz CT molecular complexity index is 465. The van der Waals surface area contributed by atoms with Gasteiger partial charge in [-0.15, -0.1) is 0 Å². The molecule has 0 aliphatic rings. The van der Waals surface area contributed by atoms with Crippen LogP contribution in [-0.4, -0.2) is 32.1 Å². The lowest BCUT2D eigenvalue weighted by Crippen LogP contribution is -2.27. The summed E-state index contributed by atoms with van der Waals surface area (Å²) in [4.78, 5) is 22.3. The summed E-state index contributed by atoms with van der Waals surface area (Å²) in [5.41, 5.74) is 1.67. The molecule has 0 saturated carbocycles. The third-order valence-corrected chi connectivity index (χ3v) is 2.62. The lowest BCUT2D eigenvalue weighted by Gasteiger charge is -2.12. The van der Waals surface area contributed by atoms with Crippen LogP contribution in [0.3, 0.4) is 0 Å². The van der Waals surface area contributed by atoms with E-state index in [0.717, 1.165) is 11.1 Å². The van der Waals surface area contributed by atoms with Crippen molar-refractivity contribution in [1.29, 1.82) is 0 Å². The van der Waals surface area contributed by atoms with E-state index in [9.17, 15) is 9.59 Å². The number of nitrogens with one attached hydrogen (secondary N) is 1. The maximum absolute atomic E-state index is 11.4. The predicted molar refractivity (Wildman–Crippen MR) is 71.4 cm³/mol. The summed E-state index contributed by atoms with van der Waals surface area (Å²) in [5, 5.41) is 2.96. The van der Waals surface area contributed by atoms with Gasteiger partial charge in [-0.1, -0.05) is 11.6 Å². The zero-order valence-corrected chi connectivity index (χ0v) is 11.8. The van der Waals surface area contributed by atoms with E-state index in [4.69, 9.17) is 21.1 Å². The first-order chi connectivity index (χ1) is 8.93. The number of rotatable bonds is 5. The molecule has 0 aliphatic carbocycles. The first-order valence-electron chi connectivity index (χ1n) is 5.69. The molecule has 104 valence electrons. The Morgan fingerprint density at radius 2 is 1.79 bits per heavy atom. The molecule has 0 radical (unpaired) electrons. The van der Waals surface area contributed by atoms with Crippen molar-refractivity contribution < 1.29 is 19.1 Å². The molecule has 6 heteroatoms. The Balaban J connectivity index is 2.53. The van der Waals surface area contributed by atoms with Crippen LogP contribution in [0.15, 0.2) is 12.1 Å². The van der Waals surface area contributed by atoms with Crippen LogP contribution in [0.1, 0.15) is 11.1 Å². The molecule has 1 aromatic rings. The van der Waals surface area contributed by atoms with Crippen LogP contribution in [0.2, 0.25) is 5.02 Å². The van der Waals surface area contributed by atoms with Gasteiger partial charge >= 0.3 is 5.97 Å². The van der Waals surface area contributed by atoms with E-state index < -0.39 is 5.97 Å². The Morgan fingerprint density at radius 3 is 2.32 bits per heavy atom. The van der Waals surface area contributed by atoms with Gasteiger partial charge in [0.25, 0.3) is 5.91 Å². The molecule has 1 aromatic carbocycles. The number of halogens is 1. The van der Waals surface area contributed by atoms with E-state index in [1.807, 2.05) is 13.8 Å². The average molecular weight is 286 g/mol. The number of esters is 1. The van der Waals surface area contributed by atoms with E-state index in [1.54, 1.807) is 12.1 Å². The van der Waals surface area contributed by atoms with Gasteiger partial charge in [-0.2, -0.15) is 0 Å². The van der Waals surface area contributed by atoms with Crippen molar-refractivity contribution in [2.45, 2.75) is 13.8 Å². The van der Waals surface area contributed by atoms with E-state index in [0.29, 0.717) is 10.8 Å². The molecule has 1 rings (SSSR count). The standard InChI is InChI=1S/C13H16ClNO4/c1-8-4-10(14)5-9(2)13(8)19-7-12(17)18-6-11(16)15-3/h4-5H,6-7H2,1-3H3,(H,15,16). The summed E-state index contributed by atoms with van der Waals surface area (Å²) in [7, 11) is 1.47. The van der Waals surface area contributed by atoms with Gasteiger partial charge in [0, 0.05) is 12.1 Å². The molecule has 0 aliphatic heterocycles. The highest BCUT2D eigenvalue weighted by atomic mass is 35.5. The van der Waals surface area contributed by atoms with Crippen LogP contribution in [0.25, 0.3) is 0 Å². The molecule has 0 aromatic heterocycles. The van der Waals surface area contributed by atoms with Crippen molar-refractivity contribution in [3.8, 4) is 5.75 Å². The van der Waals surface area contributed by atoms with Gasteiger partial charge in [0.2, 0.25) is 0 Å². The highest BCUT2D eigenvalue weighted by Crippen LogP contribution is 2.26. The summed E-state index contributed by atoms with van der Waals surface area (Å²) in [6.45, 7) is 3.12. The Labute approximate surface area is 116 Å². The highest BCUT2D eigenvalue weighted by Gasteiger charge is 2.10. The van der Waals surface area contributed by atoms with Gasteiger partial charge < -0.3 is 14.8 Å². The minimum Gasteiger partial charge on any atom is -0.481 e. The normalized spacial score (nSPS) is 9.89. The molecule has 0 fully saturated rings. The number of aryl methyl sites for hydroxylation is 2. The second-order valence-electron chi connectivity index (χ2n) is 3.99. The van der Waals surface area contributed by atoms with Crippen molar-refractivity contribution in [1.82, 2.24) is 5.32 Å². The van der Waals surface area contributed by atoms with E-state index in [1.165, 1.54) is 7.05 Å². The molecule has 0 spiro atoms. The number of amides is 1. The first-order valence-corrected chi connectivity index (χ1v) is 6.07. The van der Waals surface area contributed by atoms with Crippen molar-refractivity contribution in [3.05, 3.63) is 28.3 Å². The van der Waals surface area contributed by atoms with Crippen molar-refractivity contribution in [2.75, 3.05) is 20.3 Å². The quantitative estimate of drug-likeness (QED) is 0.835. The van der Waals surface area contributed by atoms with E-state index in [2.05, 4.69) is 5.32 Å². The van der Waals surface area contributed by atoms with Gasteiger partial charge in [0.1, 0.15) is 5.75 Å². The van der Waals surface area contributed by atoms with Crippen molar-refractivity contribution in [2.24, 2.45) is 0 Å². The molecule has 0 bridgehead atoms. The smallest absolute Gasteiger partial charge is 0.344 e. The third kappa shape index (κ3) is 4.79. The lowest BCUT2D eigenvalue weighted by atomic mass is 10.1. The molecule has 5 nitrogen and oxygen atoms in total. The summed E-state index contributed by atoms with van der Waals surface area (Å²) in [6.07, 6.45) is 0. The maximum Gasteiger partial charge on any atom is 0.344 e. The van der Waals surface area contributed by atoms with Crippen LogP contribution in [0.4, 0.5) is 0 Å². The monoisotopic (exact) mass is 285 g/mol. The number of hydrogen-bond donors (Lipinski definition) is 1. The summed E-state index contributed by atoms with van der Waals surface area (Å²) in [6, 6.07) is 3.50. The molecule has 19 heavy (non-hydrogen) atoms. The fourth-order valence-corrected chi connectivity index (χ4v) is 1.84. The minimum absolute atomic E-state index is 0.250. The highest BCUT2D eigenvalue weighted by molar-refractivity contribution is 6.30. The number of carbonyl (C=O) groups excluding carboxylic acids is 2. The van der Waals surface area contributed by atoms with Gasteiger partial charge in [0.05, 0.1) is 0 Å². The fourth-order valence-electron chi connectivity index (χ4n) is 1.52. The molecule has 0 saturated heterocycles. The first kappa shape index (κ1) is 15.3. The summed E-state index contributed by atoms with van der Waals surface area (Å²) in [5.74, 6) is -0.370. The van der Waals surface area contributed by atoms with Crippen LogP contribution in [0.5, 0.6) is 5.75 Å². The van der Waals surface area contributed by atoms with Gasteiger partial charge in [-0.25, -0.2) is 4.79 Å². The maximum atomic E-state index is 11.4. The zero-order chi connectivity index (χ0) is 14.4. The average Bonchev–Trinajstić information content (AvgIpc) is 2.34. The number of benzene rings is 1. The zero-order valence-electron chi connectivity index (χ0n) is 11.1. The van der Waals surface area contributed by atoms with Crippen LogP contribution in [0, 0.1) is 13.8 Å². The number of ether oxygens (including phenoxy) is 2. The number of likely N-dealkylation sites (N-methyl/N-ethyl adjacent to an activating group) is 1. The van der Waals surface area contributed by atoms with Crippen LogP contribution >= 0.6 is 11.6 Å². The van der Waals surface area contributed by atoms with Crippen LogP contribution < -0.4 is 10.1 Å². The fraction of sp³-hybridized carbons (Fsp3) is 0.385. The largest absolute Gasteiger partial charge is 0.481 e. The molecule has 0 unspecified atom stereocenters. The van der Waals surface area contributed by atoms with E-state index >= 15 is 0 Å². The molecule has 1 amide bonds. The third-order valence-electron chi connectivity index (χ3n) is 2.40. The SMILES string of the molecule is CNC(=O)COC(=O)COc1c(C)cc(Cl)cc1C. The van der Waals surface area contributed by atoms with Gasteiger partial charge in [0.15, 0.2) is 13.2 Å². The molecular weight excluding hydrogens is 270 g/mol. The topological polar surface area (TPSA) is 64.6 Å². The minimum atomic E-state index is -0.600. The Hall–Kier alpha value is -1.75. The predicted octanol–water partition coefficient (Wildman–Crippen LogP) is 1.62. The lowest BCUT2D eigenvalue weighted by molar-refractivity contribution is -0.150. The Morgan fingerprint density at radius 1 is 1.21 bits per heavy atom. The van der Waals surface area contributed by atoms with Crippen LogP contribution in [-0.2, 0) is 14.3 Å². The van der Waals surface area contributed by atoms with Gasteiger partial charge in [-0.3, -0.25) is 4.79 Å². The number of carbonyl (C=O) groups is 2. The van der Waals surface area contributed by atoms with E-state index in [-0.39, 0.29) is 19.1 Å². The summed E-state index contributed by atoms with van der Waals surface area (Å²) >= 11 is 5.89. The van der Waals surface area contributed by atoms with Crippen molar-refractivity contribution >= 4 is 23.5 Å². The second kappa shape index (κ2) is 6.99.